The highest BCUT2D eigenvalue weighted by Crippen LogP contribution is 2.41. The number of para-hydroxylation sites is 1. The van der Waals surface area contributed by atoms with Gasteiger partial charge in [-0.25, -0.2) is 12.8 Å². The maximum Gasteiger partial charge on any atom is 0.264 e. The zero-order valence-electron chi connectivity index (χ0n) is 18.2. The van der Waals surface area contributed by atoms with Gasteiger partial charge in [0.05, 0.1) is 16.8 Å². The van der Waals surface area contributed by atoms with Gasteiger partial charge < -0.3 is 5.32 Å². The smallest absolute Gasteiger partial charge is 0.264 e. The zero-order valence-corrected chi connectivity index (χ0v) is 19.0. The van der Waals surface area contributed by atoms with Crippen molar-refractivity contribution in [2.45, 2.75) is 30.2 Å². The summed E-state index contributed by atoms with van der Waals surface area (Å²) in [5.74, 6) is -0.698. The number of fused-ring (bicyclic) bond motifs is 1. The van der Waals surface area contributed by atoms with Crippen molar-refractivity contribution in [3.05, 3.63) is 102 Å². The fourth-order valence-electron chi connectivity index (χ4n) is 4.04. The van der Waals surface area contributed by atoms with Gasteiger partial charge in [-0.05, 0) is 60.2 Å². The van der Waals surface area contributed by atoms with Crippen LogP contribution in [0.25, 0.3) is 10.9 Å². The van der Waals surface area contributed by atoms with Gasteiger partial charge in [-0.1, -0.05) is 42.5 Å². The number of anilines is 1. The van der Waals surface area contributed by atoms with E-state index >= 15 is 0 Å². The molecule has 172 valence electrons. The van der Waals surface area contributed by atoms with Crippen molar-refractivity contribution in [2.75, 3.05) is 4.72 Å². The zero-order chi connectivity index (χ0) is 23.7. The van der Waals surface area contributed by atoms with Crippen molar-refractivity contribution in [1.82, 2.24) is 10.3 Å². The Hall–Kier alpha value is -3.78. The molecule has 8 heteroatoms. The Labute approximate surface area is 196 Å². The van der Waals surface area contributed by atoms with Gasteiger partial charge >= 0.3 is 0 Å². The third-order valence-electron chi connectivity index (χ3n) is 5.87. The molecule has 1 fully saturated rings. The number of nitrogens with zero attached hydrogens (tertiary/aromatic N) is 1. The Morgan fingerprint density at radius 2 is 1.79 bits per heavy atom. The van der Waals surface area contributed by atoms with Crippen LogP contribution in [0, 0.1) is 5.82 Å². The maximum atomic E-state index is 14.0. The van der Waals surface area contributed by atoms with Crippen LogP contribution in [0.5, 0.6) is 0 Å². The first-order valence-corrected chi connectivity index (χ1v) is 12.4. The van der Waals surface area contributed by atoms with E-state index < -0.39 is 21.7 Å². The second-order valence-electron chi connectivity index (χ2n) is 8.28. The molecular weight excluding hydrogens is 453 g/mol. The molecular formula is C26H22FN3O3S. The van der Waals surface area contributed by atoms with E-state index in [1.807, 2.05) is 18.2 Å². The van der Waals surface area contributed by atoms with Crippen LogP contribution in [-0.4, -0.2) is 19.3 Å². The molecule has 0 unspecified atom stereocenters. The number of amides is 1. The number of sulfonamides is 1. The number of carbonyl (C=O) groups is 1. The highest BCUT2D eigenvalue weighted by Gasteiger charge is 2.26. The van der Waals surface area contributed by atoms with E-state index in [1.165, 1.54) is 23.9 Å². The molecule has 34 heavy (non-hydrogen) atoms. The highest BCUT2D eigenvalue weighted by atomic mass is 32.2. The SMILES string of the molecule is O=C(NCc1ccccc1C1CC1)c1cc(F)ccc1NS(=O)(=O)c1cccc2cccnc12. The number of nitrogens with one attached hydrogen (secondary N) is 2. The number of aromatic nitrogens is 1. The van der Waals surface area contributed by atoms with Crippen LogP contribution in [0.15, 0.2) is 83.9 Å². The quantitative estimate of drug-likeness (QED) is 0.395. The van der Waals surface area contributed by atoms with Crippen LogP contribution < -0.4 is 10.0 Å². The highest BCUT2D eigenvalue weighted by molar-refractivity contribution is 7.93. The summed E-state index contributed by atoms with van der Waals surface area (Å²) < 4.78 is 42.9. The first kappa shape index (κ1) is 22.0. The van der Waals surface area contributed by atoms with E-state index in [1.54, 1.807) is 24.3 Å². The Bertz CT molecular complexity index is 1500. The molecule has 3 aromatic carbocycles. The lowest BCUT2D eigenvalue weighted by Gasteiger charge is -2.15. The van der Waals surface area contributed by atoms with Gasteiger partial charge in [0.2, 0.25) is 0 Å². The minimum absolute atomic E-state index is 0.0117. The molecule has 0 aliphatic heterocycles. The number of carbonyl (C=O) groups excluding carboxylic acids is 1. The lowest BCUT2D eigenvalue weighted by molar-refractivity contribution is 0.0951. The minimum atomic E-state index is -4.10. The summed E-state index contributed by atoms with van der Waals surface area (Å²) in [4.78, 5) is 17.2. The first-order chi connectivity index (χ1) is 16.4. The molecule has 1 saturated carbocycles. The molecule has 1 aliphatic rings. The third-order valence-corrected chi connectivity index (χ3v) is 7.26. The van der Waals surface area contributed by atoms with Crippen molar-refractivity contribution in [1.29, 1.82) is 0 Å². The summed E-state index contributed by atoms with van der Waals surface area (Å²) in [6, 6.07) is 19.6. The average Bonchev–Trinajstić information content (AvgIpc) is 3.69. The van der Waals surface area contributed by atoms with E-state index in [2.05, 4.69) is 21.1 Å². The van der Waals surface area contributed by atoms with Crippen molar-refractivity contribution >= 4 is 32.5 Å². The maximum absolute atomic E-state index is 14.0. The van der Waals surface area contributed by atoms with E-state index in [4.69, 9.17) is 0 Å². The minimum Gasteiger partial charge on any atom is -0.348 e. The second kappa shape index (κ2) is 8.87. The van der Waals surface area contributed by atoms with Crippen molar-refractivity contribution in [3.8, 4) is 0 Å². The largest absolute Gasteiger partial charge is 0.348 e. The standard InChI is InChI=1S/C26H22FN3O3S/c27-20-12-13-23(30-34(32,33)24-9-3-6-18-7-4-14-28-25(18)24)22(15-20)26(31)29-16-19-5-1-2-8-21(19)17-10-11-17/h1-9,12-15,17,30H,10-11,16H2,(H,29,31). The average molecular weight is 476 g/mol. The molecule has 1 heterocycles. The molecule has 0 saturated heterocycles. The fourth-order valence-corrected chi connectivity index (χ4v) is 5.30. The van der Waals surface area contributed by atoms with Crippen LogP contribution in [0.2, 0.25) is 0 Å². The van der Waals surface area contributed by atoms with Crippen LogP contribution in [-0.2, 0) is 16.6 Å². The Balaban J connectivity index is 1.42. The molecule has 0 radical (unpaired) electrons. The summed E-state index contributed by atoms with van der Waals surface area (Å²) in [6.45, 7) is 0.265. The second-order valence-corrected chi connectivity index (χ2v) is 9.93. The molecule has 2 N–H and O–H groups in total. The summed E-state index contributed by atoms with van der Waals surface area (Å²) in [5, 5.41) is 3.47. The van der Waals surface area contributed by atoms with Crippen LogP contribution in [0.4, 0.5) is 10.1 Å². The lowest BCUT2D eigenvalue weighted by Crippen LogP contribution is -2.25. The number of halogens is 1. The third kappa shape index (κ3) is 4.49. The number of rotatable bonds is 7. The van der Waals surface area contributed by atoms with Crippen LogP contribution >= 0.6 is 0 Å². The van der Waals surface area contributed by atoms with Crippen LogP contribution in [0.1, 0.15) is 40.2 Å². The molecule has 6 nitrogen and oxygen atoms in total. The number of pyridine rings is 1. The number of hydrogen-bond donors (Lipinski definition) is 2. The molecule has 1 aliphatic carbocycles. The van der Waals surface area contributed by atoms with E-state index in [9.17, 15) is 17.6 Å². The Kier molecular flexibility index (Phi) is 5.75. The van der Waals surface area contributed by atoms with Gasteiger partial charge in [-0.2, -0.15) is 0 Å². The van der Waals surface area contributed by atoms with Gasteiger partial charge in [-0.15, -0.1) is 0 Å². The monoisotopic (exact) mass is 475 g/mol. The van der Waals surface area contributed by atoms with Crippen molar-refractivity contribution in [2.24, 2.45) is 0 Å². The Morgan fingerprint density at radius 1 is 1.00 bits per heavy atom. The van der Waals surface area contributed by atoms with Crippen molar-refractivity contribution in [3.63, 3.8) is 0 Å². The normalized spacial score (nSPS) is 13.6. The number of benzene rings is 3. The van der Waals surface area contributed by atoms with Crippen LogP contribution in [0.3, 0.4) is 0 Å². The van der Waals surface area contributed by atoms with E-state index in [0.717, 1.165) is 30.5 Å². The van der Waals surface area contributed by atoms with Gasteiger partial charge in [-0.3, -0.25) is 14.5 Å². The lowest BCUT2D eigenvalue weighted by atomic mass is 10.0. The summed E-state index contributed by atoms with van der Waals surface area (Å²) in [7, 11) is -4.10. The molecule has 0 spiro atoms. The van der Waals surface area contributed by atoms with E-state index in [-0.39, 0.29) is 22.7 Å². The van der Waals surface area contributed by atoms with Gasteiger partial charge in [0.1, 0.15) is 10.7 Å². The summed E-state index contributed by atoms with van der Waals surface area (Å²) >= 11 is 0. The van der Waals surface area contributed by atoms with Crippen molar-refractivity contribution < 1.29 is 17.6 Å². The molecule has 1 aromatic heterocycles. The van der Waals surface area contributed by atoms with Gasteiger partial charge in [0.25, 0.3) is 15.9 Å². The molecule has 0 atom stereocenters. The molecule has 0 bridgehead atoms. The van der Waals surface area contributed by atoms with Gasteiger partial charge in [0, 0.05) is 18.1 Å². The topological polar surface area (TPSA) is 88.2 Å². The molecule has 4 aromatic rings. The Morgan fingerprint density at radius 3 is 2.62 bits per heavy atom. The predicted octanol–water partition coefficient (Wildman–Crippen LogP) is 4.98. The first-order valence-electron chi connectivity index (χ1n) is 10.9. The fraction of sp³-hybridized carbons (Fsp3) is 0.154. The van der Waals surface area contributed by atoms with E-state index in [0.29, 0.717) is 16.8 Å². The summed E-state index contributed by atoms with van der Waals surface area (Å²) in [5.41, 5.74) is 2.40. The predicted molar refractivity (Wildman–Crippen MR) is 129 cm³/mol. The summed E-state index contributed by atoms with van der Waals surface area (Å²) in [6.07, 6.45) is 3.77. The molecule has 1 amide bonds. The molecule has 5 rings (SSSR count). The number of hydrogen-bond acceptors (Lipinski definition) is 4. The van der Waals surface area contributed by atoms with Gasteiger partial charge in [0.15, 0.2) is 0 Å².